The minimum absolute atomic E-state index is 1.13. The standard InChI is InChI=1S/C21H26/c1-5-14-10-9-11-16-13-17-12-15(6-2)18(7-3)19(8-4)21(17)20(14)16/h9-12H,5-8,13H2,1-4H3. The molecule has 0 saturated carbocycles. The molecule has 0 heterocycles. The van der Waals surface area contributed by atoms with Crippen molar-refractivity contribution in [3.63, 3.8) is 0 Å². The molecule has 0 atom stereocenters. The van der Waals surface area contributed by atoms with E-state index in [1.54, 1.807) is 33.4 Å². The SMILES string of the molecule is CCc1cc2c(c(CC)c1CC)-c1c(CC)cccc1C2. The Labute approximate surface area is 129 Å². The van der Waals surface area contributed by atoms with Gasteiger partial charge < -0.3 is 0 Å². The average molecular weight is 278 g/mol. The van der Waals surface area contributed by atoms with Crippen molar-refractivity contribution in [1.29, 1.82) is 0 Å². The van der Waals surface area contributed by atoms with Gasteiger partial charge in [0.25, 0.3) is 0 Å². The molecule has 0 bridgehead atoms. The number of aryl methyl sites for hydroxylation is 2. The second-order valence-electron chi connectivity index (χ2n) is 6.07. The molecule has 2 aromatic carbocycles. The predicted octanol–water partition coefficient (Wildman–Crippen LogP) is 5.51. The van der Waals surface area contributed by atoms with E-state index in [0.29, 0.717) is 0 Å². The predicted molar refractivity (Wildman–Crippen MR) is 92.2 cm³/mol. The van der Waals surface area contributed by atoms with Crippen LogP contribution in [0.4, 0.5) is 0 Å². The van der Waals surface area contributed by atoms with Crippen molar-refractivity contribution in [2.24, 2.45) is 0 Å². The van der Waals surface area contributed by atoms with E-state index in [0.717, 1.165) is 32.1 Å². The van der Waals surface area contributed by atoms with E-state index in [1.807, 2.05) is 0 Å². The Balaban J connectivity index is 2.34. The molecular weight excluding hydrogens is 252 g/mol. The van der Waals surface area contributed by atoms with Crippen LogP contribution in [0.3, 0.4) is 0 Å². The van der Waals surface area contributed by atoms with E-state index >= 15 is 0 Å². The first-order valence-corrected chi connectivity index (χ1v) is 8.52. The molecule has 0 radical (unpaired) electrons. The van der Waals surface area contributed by atoms with Crippen molar-refractivity contribution in [3.05, 3.63) is 57.6 Å². The second kappa shape index (κ2) is 5.67. The molecule has 110 valence electrons. The van der Waals surface area contributed by atoms with Gasteiger partial charge in [0.1, 0.15) is 0 Å². The van der Waals surface area contributed by atoms with Gasteiger partial charge in [0.15, 0.2) is 0 Å². The van der Waals surface area contributed by atoms with Crippen molar-refractivity contribution < 1.29 is 0 Å². The Hall–Kier alpha value is -1.56. The molecule has 21 heavy (non-hydrogen) atoms. The molecule has 1 aliphatic carbocycles. The number of benzene rings is 2. The maximum Gasteiger partial charge on any atom is -0.00131 e. The van der Waals surface area contributed by atoms with Crippen molar-refractivity contribution in [1.82, 2.24) is 0 Å². The highest BCUT2D eigenvalue weighted by molar-refractivity contribution is 5.83. The van der Waals surface area contributed by atoms with Crippen LogP contribution in [-0.4, -0.2) is 0 Å². The Bertz CT molecular complexity index is 677. The quantitative estimate of drug-likeness (QED) is 0.590. The maximum atomic E-state index is 2.49. The highest BCUT2D eigenvalue weighted by atomic mass is 14.3. The second-order valence-corrected chi connectivity index (χ2v) is 6.07. The Kier molecular flexibility index (Phi) is 3.89. The molecule has 0 unspecified atom stereocenters. The van der Waals surface area contributed by atoms with Gasteiger partial charge in [-0.3, -0.25) is 0 Å². The Morgan fingerprint density at radius 2 is 1.43 bits per heavy atom. The monoisotopic (exact) mass is 278 g/mol. The van der Waals surface area contributed by atoms with Crippen molar-refractivity contribution >= 4 is 0 Å². The van der Waals surface area contributed by atoms with Crippen LogP contribution in [0.15, 0.2) is 24.3 Å². The van der Waals surface area contributed by atoms with Gasteiger partial charge in [-0.05, 0) is 76.6 Å². The molecule has 0 fully saturated rings. The number of fused-ring (bicyclic) bond motifs is 3. The van der Waals surface area contributed by atoms with Crippen LogP contribution in [-0.2, 0) is 32.1 Å². The molecule has 0 aromatic heterocycles. The smallest absolute Gasteiger partial charge is 0.00131 e. The summed E-state index contributed by atoms with van der Waals surface area (Å²) < 4.78 is 0. The van der Waals surface area contributed by atoms with Gasteiger partial charge in [-0.2, -0.15) is 0 Å². The zero-order valence-electron chi connectivity index (χ0n) is 13.8. The third-order valence-corrected chi connectivity index (χ3v) is 5.06. The van der Waals surface area contributed by atoms with E-state index < -0.39 is 0 Å². The van der Waals surface area contributed by atoms with Crippen molar-refractivity contribution in [2.45, 2.75) is 59.8 Å². The van der Waals surface area contributed by atoms with E-state index in [4.69, 9.17) is 0 Å². The summed E-state index contributed by atoms with van der Waals surface area (Å²) >= 11 is 0. The summed E-state index contributed by atoms with van der Waals surface area (Å²) in [4.78, 5) is 0. The summed E-state index contributed by atoms with van der Waals surface area (Å²) in [6.45, 7) is 9.20. The van der Waals surface area contributed by atoms with Gasteiger partial charge in [-0.25, -0.2) is 0 Å². The molecule has 1 aliphatic rings. The zero-order chi connectivity index (χ0) is 15.0. The average Bonchev–Trinajstić information content (AvgIpc) is 2.90. The van der Waals surface area contributed by atoms with Crippen LogP contribution in [0.1, 0.15) is 61.1 Å². The summed E-state index contributed by atoms with van der Waals surface area (Å²) in [5, 5.41) is 0. The van der Waals surface area contributed by atoms with E-state index in [-0.39, 0.29) is 0 Å². The zero-order valence-corrected chi connectivity index (χ0v) is 13.8. The first-order valence-electron chi connectivity index (χ1n) is 8.52. The Morgan fingerprint density at radius 3 is 2.05 bits per heavy atom. The van der Waals surface area contributed by atoms with Crippen LogP contribution >= 0.6 is 0 Å². The fourth-order valence-electron chi connectivity index (χ4n) is 4.13. The van der Waals surface area contributed by atoms with Crippen LogP contribution in [0.2, 0.25) is 0 Å². The molecule has 2 aromatic rings. The fourth-order valence-corrected chi connectivity index (χ4v) is 4.13. The first kappa shape index (κ1) is 14.4. The van der Waals surface area contributed by atoms with E-state index in [9.17, 15) is 0 Å². The summed E-state index contributed by atoms with van der Waals surface area (Å²) in [6, 6.07) is 9.36. The van der Waals surface area contributed by atoms with Crippen LogP contribution in [0.5, 0.6) is 0 Å². The number of rotatable bonds is 4. The van der Waals surface area contributed by atoms with Gasteiger partial charge in [-0.15, -0.1) is 0 Å². The highest BCUT2D eigenvalue weighted by Gasteiger charge is 2.25. The summed E-state index contributed by atoms with van der Waals surface area (Å²) in [7, 11) is 0. The summed E-state index contributed by atoms with van der Waals surface area (Å²) in [6.07, 6.45) is 5.71. The summed E-state index contributed by atoms with van der Waals surface area (Å²) in [5.41, 5.74) is 12.6. The van der Waals surface area contributed by atoms with Crippen LogP contribution in [0.25, 0.3) is 11.1 Å². The van der Waals surface area contributed by atoms with Crippen molar-refractivity contribution in [3.8, 4) is 11.1 Å². The summed E-state index contributed by atoms with van der Waals surface area (Å²) in [5.74, 6) is 0. The number of hydrogen-bond donors (Lipinski definition) is 0. The molecule has 0 nitrogen and oxygen atoms in total. The highest BCUT2D eigenvalue weighted by Crippen LogP contribution is 2.43. The lowest BCUT2D eigenvalue weighted by molar-refractivity contribution is 0.976. The first-order chi connectivity index (χ1) is 10.2. The third kappa shape index (κ3) is 2.12. The lowest BCUT2D eigenvalue weighted by Gasteiger charge is -2.18. The minimum Gasteiger partial charge on any atom is -0.0617 e. The molecule has 0 amide bonds. The molecule has 0 N–H and O–H groups in total. The van der Waals surface area contributed by atoms with Gasteiger partial charge >= 0.3 is 0 Å². The lowest BCUT2D eigenvalue weighted by Crippen LogP contribution is -2.02. The molecule has 0 spiro atoms. The molecular formula is C21H26. The maximum absolute atomic E-state index is 2.49. The van der Waals surface area contributed by atoms with E-state index in [2.05, 4.69) is 52.0 Å². The Morgan fingerprint density at radius 1 is 0.714 bits per heavy atom. The number of hydrogen-bond acceptors (Lipinski definition) is 0. The van der Waals surface area contributed by atoms with Gasteiger partial charge in [-0.1, -0.05) is 52.0 Å². The fraction of sp³-hybridized carbons (Fsp3) is 0.429. The minimum atomic E-state index is 1.13. The third-order valence-electron chi connectivity index (χ3n) is 5.06. The molecule has 3 rings (SSSR count). The normalized spacial score (nSPS) is 12.4. The topological polar surface area (TPSA) is 0 Å². The van der Waals surface area contributed by atoms with Gasteiger partial charge in [0, 0.05) is 0 Å². The van der Waals surface area contributed by atoms with Crippen molar-refractivity contribution in [2.75, 3.05) is 0 Å². The van der Waals surface area contributed by atoms with Crippen LogP contribution in [0, 0.1) is 0 Å². The molecule has 0 aliphatic heterocycles. The van der Waals surface area contributed by atoms with Crippen LogP contribution < -0.4 is 0 Å². The van der Waals surface area contributed by atoms with Gasteiger partial charge in [0.2, 0.25) is 0 Å². The molecule has 0 saturated heterocycles. The largest absolute Gasteiger partial charge is 0.0617 e. The molecule has 0 heteroatoms. The van der Waals surface area contributed by atoms with E-state index in [1.165, 1.54) is 11.1 Å². The lowest BCUT2D eigenvalue weighted by atomic mass is 9.86. The van der Waals surface area contributed by atoms with Gasteiger partial charge in [0.05, 0.1) is 0 Å².